The van der Waals surface area contributed by atoms with E-state index in [-0.39, 0.29) is 11.8 Å². The van der Waals surface area contributed by atoms with Crippen molar-refractivity contribution in [2.24, 2.45) is 17.3 Å². The molecular weight excluding hydrogens is 260 g/mol. The van der Waals surface area contributed by atoms with Gasteiger partial charge in [0.05, 0.1) is 17.3 Å². The predicted molar refractivity (Wildman–Crippen MR) is 71.8 cm³/mol. The number of rotatable bonds is 5. The monoisotopic (exact) mass is 282 g/mol. The molecule has 0 spiro atoms. The zero-order chi connectivity index (χ0) is 14.9. The number of hydrogen-bond acceptors (Lipinski definition) is 3. The molecule has 2 amide bonds. The van der Waals surface area contributed by atoms with Gasteiger partial charge in [0.15, 0.2) is 0 Å². The third kappa shape index (κ3) is 2.78. The molecule has 6 nitrogen and oxygen atoms in total. The number of carbonyl (C=O) groups excluding carboxylic acids is 2. The van der Waals surface area contributed by atoms with E-state index in [0.717, 1.165) is 25.7 Å². The number of nitrogens with one attached hydrogen (secondary N) is 1. The number of aliphatic carboxylic acids is 1. The molecule has 0 aliphatic heterocycles. The molecule has 2 saturated carbocycles. The van der Waals surface area contributed by atoms with E-state index in [0.29, 0.717) is 13.0 Å². The fourth-order valence-corrected chi connectivity index (χ4v) is 3.14. The smallest absolute Gasteiger partial charge is 0.307 e. The Morgan fingerprint density at radius 3 is 2.25 bits per heavy atom. The van der Waals surface area contributed by atoms with Crippen molar-refractivity contribution < 1.29 is 19.5 Å². The van der Waals surface area contributed by atoms with Gasteiger partial charge >= 0.3 is 5.97 Å². The zero-order valence-corrected chi connectivity index (χ0v) is 12.0. The maximum atomic E-state index is 12.3. The summed E-state index contributed by atoms with van der Waals surface area (Å²) in [4.78, 5) is 36.6. The van der Waals surface area contributed by atoms with Crippen LogP contribution in [0.15, 0.2) is 0 Å². The Bertz CT molecular complexity index is 427. The third-order valence-corrected chi connectivity index (χ3v) is 4.47. The SMILES string of the molecule is CN(C)C(=O)C1(CNC(=O)C2CC2C(=O)O)CCCC1. The summed E-state index contributed by atoms with van der Waals surface area (Å²) in [5, 5.41) is 11.6. The van der Waals surface area contributed by atoms with Crippen LogP contribution in [0.5, 0.6) is 0 Å². The highest BCUT2D eigenvalue weighted by Gasteiger charge is 2.49. The molecule has 0 radical (unpaired) electrons. The Kier molecular flexibility index (Phi) is 4.01. The molecule has 0 aromatic heterocycles. The van der Waals surface area contributed by atoms with Gasteiger partial charge in [-0.3, -0.25) is 14.4 Å². The average molecular weight is 282 g/mol. The van der Waals surface area contributed by atoms with Crippen LogP contribution in [0.2, 0.25) is 0 Å². The molecule has 0 saturated heterocycles. The molecule has 0 heterocycles. The van der Waals surface area contributed by atoms with Gasteiger partial charge in [-0.25, -0.2) is 0 Å². The predicted octanol–water partition coefficient (Wildman–Crippen LogP) is 0.472. The fourth-order valence-electron chi connectivity index (χ4n) is 3.14. The van der Waals surface area contributed by atoms with Crippen molar-refractivity contribution in [2.75, 3.05) is 20.6 Å². The number of carboxylic acid groups (broad SMARTS) is 1. The molecule has 0 bridgehead atoms. The van der Waals surface area contributed by atoms with Crippen molar-refractivity contribution in [3.63, 3.8) is 0 Å². The summed E-state index contributed by atoms with van der Waals surface area (Å²) in [7, 11) is 3.46. The standard InChI is InChI=1S/C14H22N2O4/c1-16(2)13(20)14(5-3-4-6-14)8-15-11(17)9-7-10(9)12(18)19/h9-10H,3-8H2,1-2H3,(H,15,17)(H,18,19). The highest BCUT2D eigenvalue weighted by Crippen LogP contribution is 2.41. The van der Waals surface area contributed by atoms with E-state index in [1.165, 1.54) is 0 Å². The molecule has 2 rings (SSSR count). The van der Waals surface area contributed by atoms with Crippen molar-refractivity contribution in [2.45, 2.75) is 32.1 Å². The number of amides is 2. The second-order valence-electron chi connectivity index (χ2n) is 6.19. The van der Waals surface area contributed by atoms with Gasteiger partial charge in [-0.05, 0) is 19.3 Å². The number of hydrogen-bond donors (Lipinski definition) is 2. The lowest BCUT2D eigenvalue weighted by Gasteiger charge is -2.30. The molecule has 2 aliphatic rings. The highest BCUT2D eigenvalue weighted by molar-refractivity contribution is 5.90. The fraction of sp³-hybridized carbons (Fsp3) is 0.786. The van der Waals surface area contributed by atoms with Crippen LogP contribution in [-0.4, -0.2) is 48.4 Å². The van der Waals surface area contributed by atoms with Crippen LogP contribution < -0.4 is 5.32 Å². The van der Waals surface area contributed by atoms with E-state index in [4.69, 9.17) is 5.11 Å². The van der Waals surface area contributed by atoms with Crippen molar-refractivity contribution in [3.05, 3.63) is 0 Å². The van der Waals surface area contributed by atoms with Gasteiger partial charge in [0, 0.05) is 20.6 Å². The van der Waals surface area contributed by atoms with Crippen LogP contribution in [0.1, 0.15) is 32.1 Å². The summed E-state index contributed by atoms with van der Waals surface area (Å²) in [5.74, 6) is -2.04. The van der Waals surface area contributed by atoms with Crippen LogP contribution in [0.3, 0.4) is 0 Å². The Labute approximate surface area is 118 Å². The first-order valence-corrected chi connectivity index (χ1v) is 7.10. The molecule has 0 aromatic carbocycles. The van der Waals surface area contributed by atoms with Gasteiger partial charge in [0.25, 0.3) is 0 Å². The molecule has 2 atom stereocenters. The largest absolute Gasteiger partial charge is 0.481 e. The van der Waals surface area contributed by atoms with Gasteiger partial charge in [-0.1, -0.05) is 12.8 Å². The van der Waals surface area contributed by atoms with Gasteiger partial charge in [-0.2, -0.15) is 0 Å². The number of carbonyl (C=O) groups is 3. The Morgan fingerprint density at radius 2 is 1.80 bits per heavy atom. The number of carboxylic acids is 1. The molecule has 6 heteroatoms. The third-order valence-electron chi connectivity index (χ3n) is 4.47. The van der Waals surface area contributed by atoms with Crippen molar-refractivity contribution in [1.29, 1.82) is 0 Å². The first-order chi connectivity index (χ1) is 9.37. The van der Waals surface area contributed by atoms with Crippen LogP contribution in [0.25, 0.3) is 0 Å². The summed E-state index contributed by atoms with van der Waals surface area (Å²) >= 11 is 0. The molecule has 20 heavy (non-hydrogen) atoms. The topological polar surface area (TPSA) is 86.7 Å². The highest BCUT2D eigenvalue weighted by atomic mass is 16.4. The van der Waals surface area contributed by atoms with Crippen LogP contribution >= 0.6 is 0 Å². The average Bonchev–Trinajstić information content (AvgIpc) is 3.07. The first kappa shape index (κ1) is 14.8. The maximum Gasteiger partial charge on any atom is 0.307 e. The zero-order valence-electron chi connectivity index (χ0n) is 12.0. The van der Waals surface area contributed by atoms with Gasteiger partial charge < -0.3 is 15.3 Å². The van der Waals surface area contributed by atoms with Crippen molar-refractivity contribution >= 4 is 17.8 Å². The van der Waals surface area contributed by atoms with Crippen LogP contribution in [0.4, 0.5) is 0 Å². The second kappa shape index (κ2) is 5.42. The van der Waals surface area contributed by atoms with E-state index in [1.807, 2.05) is 0 Å². The molecule has 2 unspecified atom stereocenters. The van der Waals surface area contributed by atoms with Crippen LogP contribution in [0, 0.1) is 17.3 Å². The number of nitrogens with zero attached hydrogens (tertiary/aromatic N) is 1. The minimum Gasteiger partial charge on any atom is -0.481 e. The van der Waals surface area contributed by atoms with Gasteiger partial charge in [0.2, 0.25) is 11.8 Å². The maximum absolute atomic E-state index is 12.3. The quantitative estimate of drug-likeness (QED) is 0.767. The summed E-state index contributed by atoms with van der Waals surface area (Å²) in [5.41, 5.74) is -0.493. The molecule has 2 aliphatic carbocycles. The lowest BCUT2D eigenvalue weighted by atomic mass is 9.84. The summed E-state index contributed by atoms with van der Waals surface area (Å²) < 4.78 is 0. The van der Waals surface area contributed by atoms with E-state index >= 15 is 0 Å². The minimum atomic E-state index is -0.912. The van der Waals surface area contributed by atoms with Crippen molar-refractivity contribution in [1.82, 2.24) is 10.2 Å². The molecular formula is C14H22N2O4. The summed E-state index contributed by atoms with van der Waals surface area (Å²) in [6.07, 6.45) is 3.98. The summed E-state index contributed by atoms with van der Waals surface area (Å²) in [6, 6.07) is 0. The molecule has 0 aromatic rings. The lowest BCUT2D eigenvalue weighted by molar-refractivity contribution is -0.141. The van der Waals surface area contributed by atoms with Gasteiger partial charge in [0.1, 0.15) is 0 Å². The lowest BCUT2D eigenvalue weighted by Crippen LogP contribution is -2.46. The van der Waals surface area contributed by atoms with Crippen LogP contribution in [-0.2, 0) is 14.4 Å². The Morgan fingerprint density at radius 1 is 1.20 bits per heavy atom. The summed E-state index contributed by atoms with van der Waals surface area (Å²) in [6.45, 7) is 0.325. The van der Waals surface area contributed by atoms with E-state index in [2.05, 4.69) is 5.32 Å². The van der Waals surface area contributed by atoms with E-state index in [9.17, 15) is 14.4 Å². The van der Waals surface area contributed by atoms with E-state index < -0.39 is 23.2 Å². The Hall–Kier alpha value is -1.59. The van der Waals surface area contributed by atoms with Gasteiger partial charge in [-0.15, -0.1) is 0 Å². The molecule has 2 fully saturated rings. The van der Waals surface area contributed by atoms with Crippen molar-refractivity contribution in [3.8, 4) is 0 Å². The van der Waals surface area contributed by atoms with E-state index in [1.54, 1.807) is 19.0 Å². The minimum absolute atomic E-state index is 0.0564. The Balaban J connectivity index is 1.92. The normalized spacial score (nSPS) is 26.9. The first-order valence-electron chi connectivity index (χ1n) is 7.10. The molecule has 112 valence electrons. The second-order valence-corrected chi connectivity index (χ2v) is 6.19. The molecule has 2 N–H and O–H groups in total.